The van der Waals surface area contributed by atoms with Gasteiger partial charge < -0.3 is 9.64 Å². The number of nitrogens with zero attached hydrogens (tertiary/aromatic N) is 4. The summed E-state index contributed by atoms with van der Waals surface area (Å²) in [6, 6.07) is 0. The molecule has 1 saturated heterocycles. The molecule has 0 unspecified atom stereocenters. The smallest absolute Gasteiger partial charge is 0.319 e. The Morgan fingerprint density at radius 3 is 2.50 bits per heavy atom. The fourth-order valence-corrected chi connectivity index (χ4v) is 2.04. The zero-order chi connectivity index (χ0) is 14.5. The summed E-state index contributed by atoms with van der Waals surface area (Å²) in [5, 5.41) is 0.254. The first-order valence-electron chi connectivity index (χ1n) is 6.16. The number of piperazine rings is 1. The van der Waals surface area contributed by atoms with Crippen LogP contribution in [-0.4, -0.2) is 71.5 Å². The Morgan fingerprint density at radius 2 is 1.95 bits per heavy atom. The molecule has 0 N–H and O–H groups in total. The van der Waals surface area contributed by atoms with Crippen molar-refractivity contribution in [1.29, 1.82) is 0 Å². The van der Waals surface area contributed by atoms with Gasteiger partial charge in [0.15, 0.2) is 0 Å². The van der Waals surface area contributed by atoms with E-state index in [2.05, 4.69) is 14.7 Å². The normalized spacial score (nSPS) is 16.0. The molecule has 1 aliphatic rings. The SMILES string of the molecule is COC(=O)CN1CCN(C(=O)c2cnc(Cl)cn2)CC1. The minimum atomic E-state index is -0.270. The van der Waals surface area contributed by atoms with E-state index in [9.17, 15) is 9.59 Å². The van der Waals surface area contributed by atoms with E-state index in [-0.39, 0.29) is 29.3 Å². The highest BCUT2D eigenvalue weighted by Gasteiger charge is 2.24. The molecule has 2 rings (SSSR count). The van der Waals surface area contributed by atoms with Crippen molar-refractivity contribution in [3.63, 3.8) is 0 Å². The highest BCUT2D eigenvalue weighted by molar-refractivity contribution is 6.29. The van der Waals surface area contributed by atoms with Crippen molar-refractivity contribution in [1.82, 2.24) is 19.8 Å². The summed E-state index contributed by atoms with van der Waals surface area (Å²) >= 11 is 5.63. The fraction of sp³-hybridized carbons (Fsp3) is 0.500. The molecule has 1 aromatic heterocycles. The molecule has 0 saturated carbocycles. The van der Waals surface area contributed by atoms with Gasteiger partial charge >= 0.3 is 5.97 Å². The summed E-state index contributed by atoms with van der Waals surface area (Å²) < 4.78 is 4.62. The van der Waals surface area contributed by atoms with E-state index >= 15 is 0 Å². The third-order valence-corrected chi connectivity index (χ3v) is 3.27. The Morgan fingerprint density at radius 1 is 1.25 bits per heavy atom. The molecule has 0 radical (unpaired) electrons. The second-order valence-electron chi connectivity index (χ2n) is 4.37. The molecule has 0 bridgehead atoms. The Labute approximate surface area is 121 Å². The van der Waals surface area contributed by atoms with E-state index in [0.717, 1.165) is 0 Å². The van der Waals surface area contributed by atoms with Crippen LogP contribution in [0.1, 0.15) is 10.5 Å². The number of aromatic nitrogens is 2. The Bertz CT molecular complexity index is 486. The van der Waals surface area contributed by atoms with Gasteiger partial charge in [0.2, 0.25) is 0 Å². The number of methoxy groups -OCH3 is 1. The Hall–Kier alpha value is -1.73. The number of ether oxygens (including phenoxy) is 1. The van der Waals surface area contributed by atoms with Gasteiger partial charge in [-0.05, 0) is 0 Å². The van der Waals surface area contributed by atoms with Gasteiger partial charge in [-0.2, -0.15) is 0 Å². The number of carbonyl (C=O) groups excluding carboxylic acids is 2. The monoisotopic (exact) mass is 298 g/mol. The first-order valence-corrected chi connectivity index (χ1v) is 6.54. The van der Waals surface area contributed by atoms with Crippen LogP contribution in [0.15, 0.2) is 12.4 Å². The third kappa shape index (κ3) is 3.64. The molecular formula is C12H15ClN4O3. The number of rotatable bonds is 3. The molecule has 2 heterocycles. The van der Waals surface area contributed by atoms with Gasteiger partial charge in [0.25, 0.3) is 5.91 Å². The van der Waals surface area contributed by atoms with Crippen LogP contribution in [0.4, 0.5) is 0 Å². The van der Waals surface area contributed by atoms with E-state index in [1.54, 1.807) is 4.90 Å². The van der Waals surface area contributed by atoms with E-state index < -0.39 is 0 Å². The molecule has 0 atom stereocenters. The van der Waals surface area contributed by atoms with Gasteiger partial charge in [-0.1, -0.05) is 11.6 Å². The lowest BCUT2D eigenvalue weighted by Gasteiger charge is -2.33. The number of hydrogen-bond donors (Lipinski definition) is 0. The van der Waals surface area contributed by atoms with Gasteiger partial charge in [-0.25, -0.2) is 9.97 Å². The highest BCUT2D eigenvalue weighted by atomic mass is 35.5. The molecule has 1 aliphatic heterocycles. The Kier molecular flexibility index (Phi) is 4.86. The van der Waals surface area contributed by atoms with Gasteiger partial charge in [0.1, 0.15) is 10.8 Å². The zero-order valence-electron chi connectivity index (χ0n) is 11.1. The average Bonchev–Trinajstić information content (AvgIpc) is 2.48. The van der Waals surface area contributed by atoms with Crippen molar-refractivity contribution in [3.05, 3.63) is 23.2 Å². The van der Waals surface area contributed by atoms with Gasteiger partial charge in [-0.3, -0.25) is 14.5 Å². The fourth-order valence-electron chi connectivity index (χ4n) is 1.94. The Balaban J connectivity index is 1.88. The molecule has 0 aromatic carbocycles. The molecule has 20 heavy (non-hydrogen) atoms. The maximum atomic E-state index is 12.2. The van der Waals surface area contributed by atoms with E-state index in [4.69, 9.17) is 11.6 Å². The van der Waals surface area contributed by atoms with Gasteiger partial charge in [0, 0.05) is 26.2 Å². The molecule has 1 aromatic rings. The molecule has 7 nitrogen and oxygen atoms in total. The summed E-state index contributed by atoms with van der Waals surface area (Å²) in [7, 11) is 1.36. The number of hydrogen-bond acceptors (Lipinski definition) is 6. The standard InChI is InChI=1S/C12H15ClN4O3/c1-20-11(18)8-16-2-4-17(5-3-16)12(19)9-6-15-10(13)7-14-9/h6-7H,2-5,8H2,1H3. The number of halogens is 1. The van der Waals surface area contributed by atoms with Crippen LogP contribution in [0.25, 0.3) is 0 Å². The van der Waals surface area contributed by atoms with Crippen LogP contribution in [0.3, 0.4) is 0 Å². The number of carbonyl (C=O) groups is 2. The zero-order valence-corrected chi connectivity index (χ0v) is 11.8. The molecule has 0 aliphatic carbocycles. The van der Waals surface area contributed by atoms with Crippen molar-refractivity contribution in [2.24, 2.45) is 0 Å². The van der Waals surface area contributed by atoms with Crippen molar-refractivity contribution < 1.29 is 14.3 Å². The van der Waals surface area contributed by atoms with E-state index in [1.807, 2.05) is 4.90 Å². The maximum Gasteiger partial charge on any atom is 0.319 e. The van der Waals surface area contributed by atoms with Crippen LogP contribution in [0.2, 0.25) is 5.15 Å². The van der Waals surface area contributed by atoms with Crippen LogP contribution < -0.4 is 0 Å². The lowest BCUT2D eigenvalue weighted by atomic mass is 10.3. The van der Waals surface area contributed by atoms with Gasteiger partial charge in [0.05, 0.1) is 26.0 Å². The summed E-state index contributed by atoms with van der Waals surface area (Å²) in [5.41, 5.74) is 0.274. The topological polar surface area (TPSA) is 75.6 Å². The van der Waals surface area contributed by atoms with Crippen LogP contribution >= 0.6 is 11.6 Å². The molecular weight excluding hydrogens is 284 g/mol. The third-order valence-electron chi connectivity index (χ3n) is 3.08. The van der Waals surface area contributed by atoms with Crippen LogP contribution in [0.5, 0.6) is 0 Å². The van der Waals surface area contributed by atoms with Crippen molar-refractivity contribution in [2.45, 2.75) is 0 Å². The summed E-state index contributed by atoms with van der Waals surface area (Å²) in [6.45, 7) is 2.59. The molecule has 108 valence electrons. The molecule has 8 heteroatoms. The lowest BCUT2D eigenvalue weighted by molar-refractivity contribution is -0.142. The minimum absolute atomic E-state index is 0.174. The van der Waals surface area contributed by atoms with Crippen LogP contribution in [-0.2, 0) is 9.53 Å². The predicted molar refractivity (Wildman–Crippen MR) is 71.4 cm³/mol. The minimum Gasteiger partial charge on any atom is -0.468 e. The summed E-state index contributed by atoms with van der Waals surface area (Å²) in [5.74, 6) is -0.444. The van der Waals surface area contributed by atoms with Crippen molar-refractivity contribution >= 4 is 23.5 Å². The second-order valence-corrected chi connectivity index (χ2v) is 4.76. The average molecular weight is 299 g/mol. The lowest BCUT2D eigenvalue weighted by Crippen LogP contribution is -2.50. The second kappa shape index (κ2) is 6.62. The molecule has 0 spiro atoms. The summed E-state index contributed by atoms with van der Waals surface area (Å²) in [6.07, 6.45) is 2.72. The quantitative estimate of drug-likeness (QED) is 0.735. The largest absolute Gasteiger partial charge is 0.468 e. The van der Waals surface area contributed by atoms with Crippen molar-refractivity contribution in [2.75, 3.05) is 39.8 Å². The molecule has 1 amide bonds. The van der Waals surface area contributed by atoms with Gasteiger partial charge in [-0.15, -0.1) is 0 Å². The highest BCUT2D eigenvalue weighted by Crippen LogP contribution is 2.08. The van der Waals surface area contributed by atoms with Crippen LogP contribution in [0, 0.1) is 0 Å². The number of amides is 1. The summed E-state index contributed by atoms with van der Waals surface area (Å²) in [4.78, 5) is 34.8. The maximum absolute atomic E-state index is 12.2. The first kappa shape index (κ1) is 14.7. The number of esters is 1. The first-order chi connectivity index (χ1) is 9.60. The molecule has 1 fully saturated rings. The van der Waals surface area contributed by atoms with E-state index in [0.29, 0.717) is 26.2 Å². The van der Waals surface area contributed by atoms with E-state index in [1.165, 1.54) is 19.5 Å². The predicted octanol–water partition coefficient (Wildman–Crippen LogP) is 0.0608. The van der Waals surface area contributed by atoms with Crippen molar-refractivity contribution in [3.8, 4) is 0 Å².